The van der Waals surface area contributed by atoms with E-state index in [2.05, 4.69) is 0 Å². The number of thioether (sulfide) groups is 1. The molecule has 0 saturated carbocycles. The average molecular weight is 287 g/mol. The molecule has 0 bridgehead atoms. The molecule has 0 heterocycles. The first kappa shape index (κ1) is 15.8. The number of hydrogen-bond donors (Lipinski definition) is 2. The normalized spacial score (nSPS) is 13.1. The van der Waals surface area contributed by atoms with E-state index in [0.29, 0.717) is 5.75 Å². The van der Waals surface area contributed by atoms with Crippen molar-refractivity contribution < 1.29 is 19.0 Å². The van der Waals surface area contributed by atoms with Gasteiger partial charge in [0.05, 0.1) is 7.11 Å². The molecule has 3 N–H and O–H groups in total. The van der Waals surface area contributed by atoms with Gasteiger partial charge in [-0.3, -0.25) is 4.79 Å². The minimum atomic E-state index is -1.04. The molecule has 0 aromatic heterocycles. The molecule has 0 aliphatic heterocycles. The molecule has 0 unspecified atom stereocenters. The smallest absolute Gasteiger partial charge is 0.321 e. The number of carboxylic acid groups (broad SMARTS) is 1. The van der Waals surface area contributed by atoms with E-state index in [1.54, 1.807) is 26.0 Å². The Kier molecular flexibility index (Phi) is 5.20. The van der Waals surface area contributed by atoms with Crippen LogP contribution in [0.1, 0.15) is 19.4 Å². The van der Waals surface area contributed by atoms with Crippen molar-refractivity contribution in [1.29, 1.82) is 0 Å². The molecule has 106 valence electrons. The molecule has 0 radical (unpaired) electrons. The summed E-state index contributed by atoms with van der Waals surface area (Å²) in [7, 11) is 1.40. The average Bonchev–Trinajstić information content (AvgIpc) is 2.35. The van der Waals surface area contributed by atoms with Crippen LogP contribution in [0.4, 0.5) is 4.39 Å². The maximum atomic E-state index is 13.5. The molecule has 1 rings (SSSR count). The molecular formula is C13H18FNO3S. The SMILES string of the molecule is COc1ccc(CSC(C)(C)[C@@H](N)C(=O)O)cc1F. The molecule has 0 aliphatic carbocycles. The Labute approximate surface area is 116 Å². The van der Waals surface area contributed by atoms with Crippen LogP contribution in [0, 0.1) is 5.82 Å². The highest BCUT2D eigenvalue weighted by Crippen LogP contribution is 2.31. The first-order valence-corrected chi connectivity index (χ1v) is 6.71. The van der Waals surface area contributed by atoms with Gasteiger partial charge in [0.15, 0.2) is 11.6 Å². The Morgan fingerprint density at radius 3 is 2.68 bits per heavy atom. The molecular weight excluding hydrogens is 269 g/mol. The lowest BCUT2D eigenvalue weighted by Gasteiger charge is -2.28. The van der Waals surface area contributed by atoms with Gasteiger partial charge in [-0.05, 0) is 31.5 Å². The van der Waals surface area contributed by atoms with Crippen LogP contribution in [0.3, 0.4) is 0 Å². The number of nitrogens with two attached hydrogens (primary N) is 1. The van der Waals surface area contributed by atoms with Gasteiger partial charge in [-0.25, -0.2) is 4.39 Å². The number of aliphatic carboxylic acids is 1. The summed E-state index contributed by atoms with van der Waals surface area (Å²) in [4.78, 5) is 10.9. The van der Waals surface area contributed by atoms with E-state index in [4.69, 9.17) is 15.6 Å². The summed E-state index contributed by atoms with van der Waals surface area (Å²) in [6.45, 7) is 3.52. The summed E-state index contributed by atoms with van der Waals surface area (Å²) < 4.78 is 17.7. The summed E-state index contributed by atoms with van der Waals surface area (Å²) in [6.07, 6.45) is 0. The van der Waals surface area contributed by atoms with Crippen LogP contribution in [0.25, 0.3) is 0 Å². The van der Waals surface area contributed by atoms with Gasteiger partial charge in [0.25, 0.3) is 0 Å². The molecule has 1 aromatic carbocycles. The lowest BCUT2D eigenvalue weighted by atomic mass is 10.1. The molecule has 0 saturated heterocycles. The number of carboxylic acids is 1. The second-order valence-corrected chi connectivity index (χ2v) is 6.31. The Hall–Kier alpha value is -1.27. The Balaban J connectivity index is 2.71. The summed E-state index contributed by atoms with van der Waals surface area (Å²) in [5, 5.41) is 8.91. The fourth-order valence-electron chi connectivity index (χ4n) is 1.46. The van der Waals surface area contributed by atoms with E-state index < -0.39 is 22.6 Å². The fraction of sp³-hybridized carbons (Fsp3) is 0.462. The molecule has 1 atom stereocenters. The van der Waals surface area contributed by atoms with Crippen molar-refractivity contribution in [3.63, 3.8) is 0 Å². The van der Waals surface area contributed by atoms with Gasteiger partial charge in [-0.2, -0.15) is 0 Å². The zero-order valence-electron chi connectivity index (χ0n) is 11.1. The summed E-state index contributed by atoms with van der Waals surface area (Å²) in [6, 6.07) is 3.71. The summed E-state index contributed by atoms with van der Waals surface area (Å²) >= 11 is 1.38. The molecule has 0 aliphatic rings. The zero-order valence-corrected chi connectivity index (χ0v) is 12.0. The van der Waals surface area contributed by atoms with Crippen LogP contribution in [-0.2, 0) is 10.5 Å². The van der Waals surface area contributed by atoms with Crippen molar-refractivity contribution in [2.45, 2.75) is 30.4 Å². The molecule has 1 aromatic rings. The minimum Gasteiger partial charge on any atom is -0.494 e. The zero-order chi connectivity index (χ0) is 14.6. The van der Waals surface area contributed by atoms with E-state index >= 15 is 0 Å². The summed E-state index contributed by atoms with van der Waals surface area (Å²) in [5.74, 6) is -0.802. The predicted molar refractivity (Wildman–Crippen MR) is 73.9 cm³/mol. The number of benzene rings is 1. The Bertz CT molecular complexity index is 465. The maximum absolute atomic E-state index is 13.5. The highest BCUT2D eigenvalue weighted by atomic mass is 32.2. The van der Waals surface area contributed by atoms with Gasteiger partial charge in [-0.15, -0.1) is 11.8 Å². The van der Waals surface area contributed by atoms with Crippen LogP contribution in [-0.4, -0.2) is 29.0 Å². The van der Waals surface area contributed by atoms with Crippen LogP contribution < -0.4 is 10.5 Å². The van der Waals surface area contributed by atoms with Gasteiger partial charge in [0, 0.05) is 10.5 Å². The lowest BCUT2D eigenvalue weighted by molar-refractivity contribution is -0.139. The monoisotopic (exact) mass is 287 g/mol. The predicted octanol–water partition coefficient (Wildman–Crippen LogP) is 2.26. The number of methoxy groups -OCH3 is 1. The van der Waals surface area contributed by atoms with Crippen molar-refractivity contribution >= 4 is 17.7 Å². The minimum absolute atomic E-state index is 0.190. The molecule has 0 spiro atoms. The number of carbonyl (C=O) groups is 1. The van der Waals surface area contributed by atoms with E-state index in [0.717, 1.165) is 5.56 Å². The van der Waals surface area contributed by atoms with Crippen molar-refractivity contribution in [2.24, 2.45) is 5.73 Å². The lowest BCUT2D eigenvalue weighted by Crippen LogP contribution is -2.46. The van der Waals surface area contributed by atoms with Gasteiger partial charge in [0.2, 0.25) is 0 Å². The van der Waals surface area contributed by atoms with Gasteiger partial charge in [-0.1, -0.05) is 6.07 Å². The van der Waals surface area contributed by atoms with E-state index in [-0.39, 0.29) is 5.75 Å². The highest BCUT2D eigenvalue weighted by Gasteiger charge is 2.32. The van der Waals surface area contributed by atoms with Crippen LogP contribution >= 0.6 is 11.8 Å². The topological polar surface area (TPSA) is 72.5 Å². The molecule has 4 nitrogen and oxygen atoms in total. The number of ether oxygens (including phenoxy) is 1. The summed E-state index contributed by atoms with van der Waals surface area (Å²) in [5.41, 5.74) is 6.38. The molecule has 0 fully saturated rings. The number of hydrogen-bond acceptors (Lipinski definition) is 4. The molecule has 19 heavy (non-hydrogen) atoms. The Morgan fingerprint density at radius 1 is 1.58 bits per heavy atom. The van der Waals surface area contributed by atoms with Crippen LogP contribution in [0.2, 0.25) is 0 Å². The van der Waals surface area contributed by atoms with Crippen molar-refractivity contribution in [1.82, 2.24) is 0 Å². The third-order valence-electron chi connectivity index (χ3n) is 2.84. The van der Waals surface area contributed by atoms with Crippen LogP contribution in [0.5, 0.6) is 5.75 Å². The highest BCUT2D eigenvalue weighted by molar-refractivity contribution is 7.99. The van der Waals surface area contributed by atoms with Gasteiger partial charge in [0.1, 0.15) is 6.04 Å². The van der Waals surface area contributed by atoms with E-state index in [9.17, 15) is 9.18 Å². The second kappa shape index (κ2) is 6.25. The van der Waals surface area contributed by atoms with E-state index in [1.165, 1.54) is 24.9 Å². The van der Waals surface area contributed by atoms with E-state index in [1.807, 2.05) is 0 Å². The molecule has 0 amide bonds. The van der Waals surface area contributed by atoms with Crippen LogP contribution in [0.15, 0.2) is 18.2 Å². The van der Waals surface area contributed by atoms with Gasteiger partial charge >= 0.3 is 5.97 Å². The number of rotatable bonds is 6. The fourth-order valence-corrected chi connectivity index (χ4v) is 2.45. The molecule has 6 heteroatoms. The third kappa shape index (κ3) is 4.11. The second-order valence-electron chi connectivity index (χ2n) is 4.68. The van der Waals surface area contributed by atoms with Gasteiger partial charge < -0.3 is 15.6 Å². The number of halogens is 1. The quantitative estimate of drug-likeness (QED) is 0.839. The standard InChI is InChI=1S/C13H18FNO3S/c1-13(2,11(15)12(16)17)19-7-8-4-5-10(18-3)9(14)6-8/h4-6,11H,7,15H2,1-3H3,(H,16,17)/t11-/m0/s1. The van der Waals surface area contributed by atoms with Crippen molar-refractivity contribution in [3.05, 3.63) is 29.6 Å². The van der Waals surface area contributed by atoms with Crippen molar-refractivity contribution in [3.8, 4) is 5.75 Å². The Morgan fingerprint density at radius 2 is 2.21 bits per heavy atom. The van der Waals surface area contributed by atoms with Crippen molar-refractivity contribution in [2.75, 3.05) is 7.11 Å². The maximum Gasteiger partial charge on any atom is 0.321 e. The largest absolute Gasteiger partial charge is 0.494 e. The first-order valence-electron chi connectivity index (χ1n) is 5.72. The third-order valence-corrected chi connectivity index (χ3v) is 4.32. The first-order chi connectivity index (χ1) is 8.77.